The van der Waals surface area contributed by atoms with Crippen LogP contribution in [0.5, 0.6) is 0 Å². The van der Waals surface area contributed by atoms with E-state index < -0.39 is 0 Å². The molecule has 0 aromatic carbocycles. The van der Waals surface area contributed by atoms with Gasteiger partial charge in [0.1, 0.15) is 17.5 Å². The molecule has 0 spiro atoms. The van der Waals surface area contributed by atoms with Gasteiger partial charge < -0.3 is 15.4 Å². The Bertz CT molecular complexity index is 381. The summed E-state index contributed by atoms with van der Waals surface area (Å²) in [6.07, 6.45) is 0.936. The van der Waals surface area contributed by atoms with E-state index in [2.05, 4.69) is 14.9 Å². The van der Waals surface area contributed by atoms with E-state index in [1.165, 1.54) is 0 Å². The van der Waals surface area contributed by atoms with Crippen molar-refractivity contribution in [3.8, 4) is 0 Å². The van der Waals surface area contributed by atoms with Gasteiger partial charge in [-0.15, -0.1) is 0 Å². The number of aromatic nitrogens is 2. The fraction of sp³-hybridized carbons (Fsp3) is 0.667. The number of nitrogens with two attached hydrogens (primary N) is 1. The Labute approximate surface area is 103 Å². The fourth-order valence-corrected chi connectivity index (χ4v) is 1.64. The molecule has 1 rings (SSSR count). The number of nitrogens with zero attached hydrogens (tertiary/aromatic N) is 3. The van der Waals surface area contributed by atoms with Gasteiger partial charge in [-0.05, 0) is 13.8 Å². The molecule has 0 amide bonds. The average Bonchev–Trinajstić information content (AvgIpc) is 2.31. The normalized spacial score (nSPS) is 12.5. The first kappa shape index (κ1) is 13.7. The average molecular weight is 238 g/mol. The first-order valence-electron chi connectivity index (χ1n) is 5.86. The van der Waals surface area contributed by atoms with Gasteiger partial charge in [-0.2, -0.15) is 0 Å². The van der Waals surface area contributed by atoms with Gasteiger partial charge in [-0.3, -0.25) is 0 Å². The van der Waals surface area contributed by atoms with Crippen molar-refractivity contribution in [3.05, 3.63) is 11.4 Å². The predicted molar refractivity (Wildman–Crippen MR) is 70.3 cm³/mol. The number of ether oxygens (including phenoxy) is 1. The fourth-order valence-electron chi connectivity index (χ4n) is 1.64. The van der Waals surface area contributed by atoms with E-state index in [9.17, 15) is 0 Å². The lowest BCUT2D eigenvalue weighted by Gasteiger charge is -2.24. The van der Waals surface area contributed by atoms with Crippen molar-refractivity contribution in [2.45, 2.75) is 33.3 Å². The number of likely N-dealkylation sites (N-methyl/N-ethyl adjacent to an activating group) is 1. The van der Waals surface area contributed by atoms with Crippen LogP contribution in [-0.2, 0) is 11.2 Å². The van der Waals surface area contributed by atoms with Crippen LogP contribution in [0.25, 0.3) is 0 Å². The predicted octanol–water partition coefficient (Wildman–Crippen LogP) is 1.40. The van der Waals surface area contributed by atoms with E-state index >= 15 is 0 Å². The highest BCUT2D eigenvalue weighted by Gasteiger charge is 2.13. The van der Waals surface area contributed by atoms with Crippen LogP contribution in [0.1, 0.15) is 25.2 Å². The third-order valence-corrected chi connectivity index (χ3v) is 2.82. The van der Waals surface area contributed by atoms with Crippen molar-refractivity contribution in [1.29, 1.82) is 0 Å². The highest BCUT2D eigenvalue weighted by atomic mass is 16.5. The number of hydrogen-bond acceptors (Lipinski definition) is 5. The molecule has 0 bridgehead atoms. The lowest BCUT2D eigenvalue weighted by atomic mass is 10.2. The highest BCUT2D eigenvalue weighted by Crippen LogP contribution is 2.21. The monoisotopic (exact) mass is 238 g/mol. The minimum Gasteiger partial charge on any atom is -0.383 e. The van der Waals surface area contributed by atoms with Gasteiger partial charge in [0.25, 0.3) is 0 Å². The molecule has 0 radical (unpaired) electrons. The summed E-state index contributed by atoms with van der Waals surface area (Å²) in [5.41, 5.74) is 6.81. The molecular formula is C12H22N4O. The topological polar surface area (TPSA) is 64.3 Å². The quantitative estimate of drug-likeness (QED) is 0.840. The van der Waals surface area contributed by atoms with Crippen LogP contribution in [0.3, 0.4) is 0 Å². The summed E-state index contributed by atoms with van der Waals surface area (Å²) in [6.45, 7) is 6.76. The van der Waals surface area contributed by atoms with Crippen molar-refractivity contribution in [1.82, 2.24) is 9.97 Å². The second kappa shape index (κ2) is 5.82. The molecule has 1 aromatic rings. The number of rotatable bonds is 5. The van der Waals surface area contributed by atoms with Crippen LogP contribution in [0.15, 0.2) is 0 Å². The Hall–Kier alpha value is -1.36. The number of methoxy groups -OCH3 is 1. The second-order valence-electron chi connectivity index (χ2n) is 4.25. The second-order valence-corrected chi connectivity index (χ2v) is 4.25. The lowest BCUT2D eigenvalue weighted by Crippen LogP contribution is -2.30. The van der Waals surface area contributed by atoms with Gasteiger partial charge in [0.05, 0.1) is 6.10 Å². The molecule has 0 aliphatic rings. The Kier molecular flexibility index (Phi) is 4.69. The zero-order valence-corrected chi connectivity index (χ0v) is 11.3. The molecule has 1 atom stereocenters. The summed E-state index contributed by atoms with van der Waals surface area (Å²) >= 11 is 0. The van der Waals surface area contributed by atoms with Crippen LogP contribution >= 0.6 is 0 Å². The molecule has 1 heterocycles. The largest absolute Gasteiger partial charge is 0.383 e. The van der Waals surface area contributed by atoms with Gasteiger partial charge in [-0.1, -0.05) is 6.92 Å². The maximum atomic E-state index is 5.89. The third-order valence-electron chi connectivity index (χ3n) is 2.82. The van der Waals surface area contributed by atoms with Gasteiger partial charge in [0.2, 0.25) is 0 Å². The van der Waals surface area contributed by atoms with Crippen molar-refractivity contribution < 1.29 is 4.74 Å². The van der Waals surface area contributed by atoms with Crippen LogP contribution in [-0.4, -0.2) is 36.8 Å². The molecule has 96 valence electrons. The van der Waals surface area contributed by atoms with Gasteiger partial charge in [0.15, 0.2) is 0 Å². The van der Waals surface area contributed by atoms with Gasteiger partial charge >= 0.3 is 0 Å². The number of hydrogen-bond donors (Lipinski definition) is 1. The molecule has 1 unspecified atom stereocenters. The number of nitrogen functional groups attached to an aromatic ring is 1. The van der Waals surface area contributed by atoms with Crippen molar-refractivity contribution >= 4 is 11.6 Å². The van der Waals surface area contributed by atoms with Crippen molar-refractivity contribution in [2.24, 2.45) is 0 Å². The van der Waals surface area contributed by atoms with Crippen LogP contribution in [0.2, 0.25) is 0 Å². The Morgan fingerprint density at radius 1 is 1.41 bits per heavy atom. The third kappa shape index (κ3) is 3.30. The summed E-state index contributed by atoms with van der Waals surface area (Å²) in [5, 5.41) is 0. The number of anilines is 2. The van der Waals surface area contributed by atoms with E-state index in [0.29, 0.717) is 5.82 Å². The molecule has 0 saturated heterocycles. The first-order chi connectivity index (χ1) is 7.99. The summed E-state index contributed by atoms with van der Waals surface area (Å²) < 4.78 is 5.25. The molecule has 17 heavy (non-hydrogen) atoms. The zero-order chi connectivity index (χ0) is 13.0. The molecular weight excluding hydrogens is 216 g/mol. The molecule has 0 aliphatic carbocycles. The highest BCUT2D eigenvalue weighted by molar-refractivity contribution is 5.56. The Morgan fingerprint density at radius 2 is 2.06 bits per heavy atom. The van der Waals surface area contributed by atoms with Gasteiger partial charge in [0, 0.05) is 32.7 Å². The molecule has 5 nitrogen and oxygen atoms in total. The summed E-state index contributed by atoms with van der Waals surface area (Å²) in [4.78, 5) is 10.8. The minimum atomic E-state index is 0.153. The zero-order valence-electron chi connectivity index (χ0n) is 11.3. The SMILES string of the molecule is CCc1nc(N)c(C)c(N(C)CC(C)OC)n1. The Morgan fingerprint density at radius 3 is 2.59 bits per heavy atom. The summed E-state index contributed by atoms with van der Waals surface area (Å²) in [6, 6.07) is 0. The first-order valence-corrected chi connectivity index (χ1v) is 5.86. The smallest absolute Gasteiger partial charge is 0.137 e. The van der Waals surface area contributed by atoms with Crippen molar-refractivity contribution in [2.75, 3.05) is 31.3 Å². The molecule has 2 N–H and O–H groups in total. The Balaban J connectivity index is 2.99. The van der Waals surface area contributed by atoms with E-state index in [4.69, 9.17) is 10.5 Å². The van der Waals surface area contributed by atoms with E-state index in [0.717, 1.165) is 30.2 Å². The maximum absolute atomic E-state index is 5.89. The summed E-state index contributed by atoms with van der Waals surface area (Å²) in [5.74, 6) is 2.22. The van der Waals surface area contributed by atoms with Crippen LogP contribution < -0.4 is 10.6 Å². The standard InChI is InChI=1S/C12H22N4O/c1-6-10-14-11(13)9(3)12(15-10)16(4)7-8(2)17-5/h8H,6-7H2,1-5H3,(H2,13,14,15). The maximum Gasteiger partial charge on any atom is 0.137 e. The van der Waals surface area contributed by atoms with E-state index in [1.807, 2.05) is 27.8 Å². The van der Waals surface area contributed by atoms with Gasteiger partial charge in [-0.25, -0.2) is 9.97 Å². The number of aryl methyl sites for hydroxylation is 1. The molecule has 0 fully saturated rings. The molecule has 1 aromatic heterocycles. The lowest BCUT2D eigenvalue weighted by molar-refractivity contribution is 0.124. The minimum absolute atomic E-state index is 0.153. The summed E-state index contributed by atoms with van der Waals surface area (Å²) in [7, 11) is 3.70. The van der Waals surface area contributed by atoms with E-state index in [1.54, 1.807) is 7.11 Å². The molecule has 5 heteroatoms. The van der Waals surface area contributed by atoms with Crippen molar-refractivity contribution in [3.63, 3.8) is 0 Å². The van der Waals surface area contributed by atoms with Crippen LogP contribution in [0.4, 0.5) is 11.6 Å². The molecule has 0 aliphatic heterocycles. The molecule has 0 saturated carbocycles. The van der Waals surface area contributed by atoms with Crippen LogP contribution in [0, 0.1) is 6.92 Å². The van der Waals surface area contributed by atoms with E-state index in [-0.39, 0.29) is 6.10 Å².